The number of aliphatic carboxylic acids is 1. The molecule has 2 amide bonds. The van der Waals surface area contributed by atoms with Gasteiger partial charge >= 0.3 is 5.97 Å². The molecule has 0 radical (unpaired) electrons. The number of nitrogens with one attached hydrogen (secondary N) is 1. The monoisotopic (exact) mass is 584 g/mol. The number of oxime groups is 1. The second-order valence-electron chi connectivity index (χ2n) is 8.11. The molecule has 0 aromatic carbocycles. The van der Waals surface area contributed by atoms with Gasteiger partial charge in [0, 0.05) is 35.0 Å². The predicted octanol–water partition coefficient (Wildman–Crippen LogP) is -1.37. The highest BCUT2D eigenvalue weighted by Gasteiger charge is 2.54. The predicted molar refractivity (Wildman–Crippen MR) is 134 cm³/mol. The van der Waals surface area contributed by atoms with Gasteiger partial charge in [0.25, 0.3) is 21.9 Å². The lowest BCUT2D eigenvalue weighted by atomic mass is 10.0. The number of amides is 2. The first kappa shape index (κ1) is 27.4. The number of rotatable bonds is 10. The summed E-state index contributed by atoms with van der Waals surface area (Å²) in [6.07, 6.45) is 3.43. The van der Waals surface area contributed by atoms with Gasteiger partial charge in [0.05, 0.1) is 5.75 Å². The Morgan fingerprint density at radius 1 is 1.37 bits per heavy atom. The molecule has 2 aliphatic rings. The second-order valence-corrected chi connectivity index (χ2v) is 11.6. The maximum Gasteiger partial charge on any atom is 0.352 e. The number of anilines is 1. The Kier molecular flexibility index (Phi) is 7.95. The van der Waals surface area contributed by atoms with Gasteiger partial charge in [0.2, 0.25) is 11.5 Å². The maximum atomic E-state index is 13.0. The van der Waals surface area contributed by atoms with Crippen molar-refractivity contribution in [1.29, 1.82) is 0 Å². The number of hydrogen-bond donors (Lipinski definition) is 4. The molecule has 4 rings (SSSR count). The van der Waals surface area contributed by atoms with Gasteiger partial charge in [-0.1, -0.05) is 5.16 Å². The number of carboxylic acid groups (broad SMARTS) is 1. The molecule has 15 nitrogen and oxygen atoms in total. The van der Waals surface area contributed by atoms with E-state index in [1.165, 1.54) is 18.9 Å². The SMILES string of the molecule is CO/N=C(\C(=O)N[C@@H]1C(=O)N2C(C(=O)O)=C(C[n+]3ccc(CCS(=O)(=O)O)cc3)CS[C@@H]12)c1nsc(N)n1. The van der Waals surface area contributed by atoms with E-state index in [2.05, 4.69) is 19.8 Å². The van der Waals surface area contributed by atoms with Crippen LogP contribution in [0.5, 0.6) is 0 Å². The molecule has 0 aliphatic carbocycles. The molecule has 5 N–H and O–H groups in total. The third kappa shape index (κ3) is 5.93. The minimum Gasteiger partial charge on any atom is -0.477 e. The summed E-state index contributed by atoms with van der Waals surface area (Å²) in [7, 11) is -2.86. The normalized spacial score (nSPS) is 19.6. The summed E-state index contributed by atoms with van der Waals surface area (Å²) >= 11 is 2.15. The van der Waals surface area contributed by atoms with E-state index in [9.17, 15) is 27.9 Å². The van der Waals surface area contributed by atoms with E-state index in [4.69, 9.17) is 15.1 Å². The number of nitrogens with two attached hydrogens (primary N) is 1. The molecule has 202 valence electrons. The molecular formula is C20H22N7O8S3+. The fourth-order valence-electron chi connectivity index (χ4n) is 3.85. The van der Waals surface area contributed by atoms with Crippen LogP contribution in [0.25, 0.3) is 0 Å². The fourth-order valence-corrected chi connectivity index (χ4v) is 6.11. The highest BCUT2D eigenvalue weighted by molar-refractivity contribution is 8.00. The number of carbonyl (C=O) groups is 3. The summed E-state index contributed by atoms with van der Waals surface area (Å²) in [6.45, 7) is 0.169. The van der Waals surface area contributed by atoms with Crippen LogP contribution in [-0.2, 0) is 42.3 Å². The van der Waals surface area contributed by atoms with Gasteiger partial charge in [-0.05, 0) is 12.0 Å². The van der Waals surface area contributed by atoms with Crippen molar-refractivity contribution in [2.24, 2.45) is 5.16 Å². The van der Waals surface area contributed by atoms with Crippen LogP contribution in [0, 0.1) is 0 Å². The first-order valence-electron chi connectivity index (χ1n) is 10.8. The van der Waals surface area contributed by atoms with Crippen molar-refractivity contribution in [3.05, 3.63) is 47.2 Å². The van der Waals surface area contributed by atoms with Crippen molar-refractivity contribution < 1.29 is 41.9 Å². The summed E-state index contributed by atoms with van der Waals surface area (Å²) in [5, 5.41) is 15.5. The van der Waals surface area contributed by atoms with Gasteiger partial charge in [-0.2, -0.15) is 17.8 Å². The van der Waals surface area contributed by atoms with Crippen molar-refractivity contribution in [2.45, 2.75) is 24.4 Å². The van der Waals surface area contributed by atoms with E-state index in [-0.39, 0.29) is 41.1 Å². The maximum absolute atomic E-state index is 13.0. The Morgan fingerprint density at radius 3 is 2.66 bits per heavy atom. The Hall–Kier alpha value is -3.61. The van der Waals surface area contributed by atoms with Crippen molar-refractivity contribution in [3.8, 4) is 0 Å². The van der Waals surface area contributed by atoms with Gasteiger partial charge in [0.1, 0.15) is 24.2 Å². The number of nitrogen functional groups attached to an aromatic ring is 1. The molecule has 18 heteroatoms. The lowest BCUT2D eigenvalue weighted by molar-refractivity contribution is -0.689. The quantitative estimate of drug-likeness (QED) is 0.0836. The summed E-state index contributed by atoms with van der Waals surface area (Å²) in [4.78, 5) is 47.7. The first-order valence-corrected chi connectivity index (χ1v) is 14.3. The summed E-state index contributed by atoms with van der Waals surface area (Å²) in [5.74, 6) is -2.86. The molecule has 2 aromatic heterocycles. The molecule has 2 aliphatic heterocycles. The topological polar surface area (TPSA) is 218 Å². The molecule has 4 heterocycles. The van der Waals surface area contributed by atoms with Crippen LogP contribution in [0.4, 0.5) is 5.13 Å². The smallest absolute Gasteiger partial charge is 0.352 e. The summed E-state index contributed by atoms with van der Waals surface area (Å²) in [6, 6.07) is 2.32. The fraction of sp³-hybridized carbons (Fsp3) is 0.350. The van der Waals surface area contributed by atoms with Crippen LogP contribution in [0.2, 0.25) is 0 Å². The number of nitrogens with zero attached hydrogens (tertiary/aromatic N) is 5. The van der Waals surface area contributed by atoms with E-state index in [1.54, 1.807) is 29.1 Å². The number of aromatic nitrogens is 3. The van der Waals surface area contributed by atoms with Crippen LogP contribution in [-0.4, -0.2) is 85.9 Å². The highest BCUT2D eigenvalue weighted by Crippen LogP contribution is 2.40. The van der Waals surface area contributed by atoms with E-state index in [0.717, 1.165) is 16.4 Å². The van der Waals surface area contributed by atoms with Gasteiger partial charge in [-0.15, -0.1) is 11.8 Å². The number of fused-ring (bicyclic) bond motifs is 1. The molecule has 0 spiro atoms. The van der Waals surface area contributed by atoms with Crippen LogP contribution in [0.3, 0.4) is 0 Å². The molecule has 0 bridgehead atoms. The number of hydrogen-bond acceptors (Lipinski definition) is 12. The molecule has 2 aromatic rings. The number of carbonyl (C=O) groups excluding carboxylic acids is 2. The van der Waals surface area contributed by atoms with Gasteiger partial charge < -0.3 is 21.0 Å². The number of aryl methyl sites for hydroxylation is 1. The minimum absolute atomic E-state index is 0.0683. The standard InChI is InChI=1S/C20H21N7O8S3/c1-35-24-12(15-23-20(21)37-25-15)16(28)22-13-17(29)27-14(19(30)31)11(9-36-18(13)27)8-26-5-2-10(3-6-26)4-7-38(32,33)34/h2-3,5-6,13,18H,4,7-9H2,1H3,(H4-,21,22,23,25,28,30,31,32,33,34)/p+1/b24-12-/t13-,18+/m1/s1. The Morgan fingerprint density at radius 2 is 2.08 bits per heavy atom. The minimum atomic E-state index is -4.08. The number of thioether (sulfide) groups is 1. The molecule has 0 saturated carbocycles. The third-order valence-corrected chi connectivity index (χ3v) is 8.17. The zero-order valence-electron chi connectivity index (χ0n) is 19.7. The molecular weight excluding hydrogens is 562 g/mol. The van der Waals surface area contributed by atoms with E-state index in [0.29, 0.717) is 11.1 Å². The Bertz CT molecular complexity index is 1440. The van der Waals surface area contributed by atoms with Gasteiger partial charge in [-0.25, -0.2) is 9.36 Å². The average molecular weight is 585 g/mol. The molecule has 0 unspecified atom stereocenters. The summed E-state index contributed by atoms with van der Waals surface area (Å²) in [5.41, 5.74) is 6.29. The summed E-state index contributed by atoms with van der Waals surface area (Å²) < 4.78 is 36.4. The highest BCUT2D eigenvalue weighted by atomic mass is 32.2. The molecule has 2 atom stereocenters. The van der Waals surface area contributed by atoms with Crippen molar-refractivity contribution in [2.75, 3.05) is 24.3 Å². The van der Waals surface area contributed by atoms with Crippen molar-refractivity contribution in [3.63, 3.8) is 0 Å². The van der Waals surface area contributed by atoms with Crippen molar-refractivity contribution >= 4 is 62.0 Å². The lowest BCUT2D eigenvalue weighted by Gasteiger charge is -2.49. The third-order valence-electron chi connectivity index (χ3n) is 5.57. The van der Waals surface area contributed by atoms with Crippen LogP contribution in [0.15, 0.2) is 41.0 Å². The van der Waals surface area contributed by atoms with Crippen LogP contribution in [0.1, 0.15) is 11.4 Å². The lowest BCUT2D eigenvalue weighted by Crippen LogP contribution is -2.71. The first-order chi connectivity index (χ1) is 18.0. The number of β-lactam (4-membered cyclic amide) rings is 1. The van der Waals surface area contributed by atoms with Gasteiger partial charge in [0.15, 0.2) is 24.1 Å². The van der Waals surface area contributed by atoms with E-state index >= 15 is 0 Å². The van der Waals surface area contributed by atoms with E-state index < -0.39 is 45.1 Å². The molecule has 1 saturated heterocycles. The van der Waals surface area contributed by atoms with Gasteiger partial charge in [-0.3, -0.25) is 19.0 Å². The second kappa shape index (κ2) is 11.0. The molecule has 38 heavy (non-hydrogen) atoms. The number of pyridine rings is 1. The van der Waals surface area contributed by atoms with Crippen LogP contribution >= 0.6 is 23.3 Å². The van der Waals surface area contributed by atoms with E-state index in [1.807, 2.05) is 0 Å². The average Bonchev–Trinajstić information content (AvgIpc) is 3.30. The van der Waals surface area contributed by atoms with Crippen LogP contribution < -0.4 is 15.6 Å². The Balaban J connectivity index is 1.47. The largest absolute Gasteiger partial charge is 0.477 e. The Labute approximate surface area is 224 Å². The number of carboxylic acids is 1. The zero-order valence-corrected chi connectivity index (χ0v) is 22.1. The zero-order chi connectivity index (χ0) is 27.6. The van der Waals surface area contributed by atoms with Crippen molar-refractivity contribution in [1.82, 2.24) is 19.6 Å². The molecule has 1 fully saturated rings.